The molecule has 8 heteroatoms. The first-order valence-electron chi connectivity index (χ1n) is 8.89. The lowest BCUT2D eigenvalue weighted by atomic mass is 9.92. The van der Waals surface area contributed by atoms with Crippen molar-refractivity contribution in [2.45, 2.75) is 57.2 Å². The lowest BCUT2D eigenvalue weighted by molar-refractivity contribution is -0.141. The average molecular weight is 356 g/mol. The van der Waals surface area contributed by atoms with Crippen LogP contribution in [0.3, 0.4) is 0 Å². The second-order valence-electron chi connectivity index (χ2n) is 6.84. The molecule has 138 valence electrons. The van der Waals surface area contributed by atoms with E-state index in [0.717, 1.165) is 37.9 Å². The van der Waals surface area contributed by atoms with Gasteiger partial charge in [0, 0.05) is 31.2 Å². The van der Waals surface area contributed by atoms with Gasteiger partial charge in [-0.3, -0.25) is 4.79 Å². The van der Waals surface area contributed by atoms with Crippen LogP contribution in [-0.4, -0.2) is 35.0 Å². The number of nitrogens with one attached hydrogen (secondary N) is 1. The van der Waals surface area contributed by atoms with Crippen LogP contribution in [0, 0.1) is 5.92 Å². The summed E-state index contributed by atoms with van der Waals surface area (Å²) in [7, 11) is 0. The first kappa shape index (κ1) is 17.9. The highest BCUT2D eigenvalue weighted by atomic mass is 19.4. The van der Waals surface area contributed by atoms with Gasteiger partial charge in [0.15, 0.2) is 0 Å². The Labute approximate surface area is 145 Å². The van der Waals surface area contributed by atoms with Gasteiger partial charge in [0.05, 0.1) is 0 Å². The van der Waals surface area contributed by atoms with Crippen molar-refractivity contribution in [3.8, 4) is 0 Å². The monoisotopic (exact) mass is 356 g/mol. The summed E-state index contributed by atoms with van der Waals surface area (Å²) >= 11 is 0. The second kappa shape index (κ2) is 7.58. The fourth-order valence-corrected chi connectivity index (χ4v) is 3.57. The number of aromatic nitrogens is 2. The van der Waals surface area contributed by atoms with Crippen molar-refractivity contribution in [1.82, 2.24) is 15.3 Å². The van der Waals surface area contributed by atoms with Gasteiger partial charge in [-0.25, -0.2) is 9.97 Å². The van der Waals surface area contributed by atoms with E-state index in [1.165, 1.54) is 6.42 Å². The molecule has 0 atom stereocenters. The molecular weight excluding hydrogens is 333 g/mol. The summed E-state index contributed by atoms with van der Waals surface area (Å²) in [6, 6.07) is 1.15. The Morgan fingerprint density at radius 2 is 1.80 bits per heavy atom. The summed E-state index contributed by atoms with van der Waals surface area (Å²) in [6.45, 7) is 0.980. The molecule has 0 aromatic carbocycles. The molecule has 1 saturated carbocycles. The van der Waals surface area contributed by atoms with E-state index in [4.69, 9.17) is 0 Å². The number of amides is 1. The number of rotatable bonds is 3. The number of anilines is 1. The Balaban J connectivity index is 1.54. The van der Waals surface area contributed by atoms with E-state index in [1.54, 1.807) is 4.90 Å². The molecule has 1 aromatic heterocycles. The van der Waals surface area contributed by atoms with Crippen LogP contribution in [0.4, 0.5) is 19.1 Å². The molecule has 1 aliphatic heterocycles. The van der Waals surface area contributed by atoms with Crippen molar-refractivity contribution in [3.63, 3.8) is 0 Å². The minimum atomic E-state index is -4.48. The quantitative estimate of drug-likeness (QED) is 0.904. The number of alkyl halides is 3. The lowest BCUT2D eigenvalue weighted by Crippen LogP contribution is -2.44. The van der Waals surface area contributed by atoms with Gasteiger partial charge in [0.2, 0.25) is 11.9 Å². The summed E-state index contributed by atoms with van der Waals surface area (Å²) in [5.41, 5.74) is -0.935. The number of hydrogen-bond acceptors (Lipinski definition) is 4. The molecule has 25 heavy (non-hydrogen) atoms. The zero-order valence-electron chi connectivity index (χ0n) is 14.1. The topological polar surface area (TPSA) is 58.1 Å². The van der Waals surface area contributed by atoms with Gasteiger partial charge in [0.1, 0.15) is 5.69 Å². The van der Waals surface area contributed by atoms with Crippen LogP contribution in [0.1, 0.15) is 50.6 Å². The summed E-state index contributed by atoms with van der Waals surface area (Å²) in [4.78, 5) is 21.7. The number of piperidine rings is 1. The van der Waals surface area contributed by atoms with Gasteiger partial charge in [0.25, 0.3) is 0 Å². The first-order valence-corrected chi connectivity index (χ1v) is 8.89. The van der Waals surface area contributed by atoms with Crippen molar-refractivity contribution in [2.24, 2.45) is 5.92 Å². The van der Waals surface area contributed by atoms with E-state index in [9.17, 15) is 18.0 Å². The maximum atomic E-state index is 12.8. The van der Waals surface area contributed by atoms with Crippen LogP contribution < -0.4 is 10.2 Å². The fourth-order valence-electron chi connectivity index (χ4n) is 3.57. The molecule has 1 aliphatic carbocycles. The molecule has 0 bridgehead atoms. The van der Waals surface area contributed by atoms with E-state index in [2.05, 4.69) is 15.3 Å². The second-order valence-corrected chi connectivity index (χ2v) is 6.84. The highest BCUT2D eigenvalue weighted by Crippen LogP contribution is 2.29. The minimum absolute atomic E-state index is 0.0797. The fraction of sp³-hybridized carbons (Fsp3) is 0.706. The van der Waals surface area contributed by atoms with Gasteiger partial charge in [-0.2, -0.15) is 13.2 Å². The molecule has 0 unspecified atom stereocenters. The maximum absolute atomic E-state index is 12.8. The number of nitrogens with zero attached hydrogens (tertiary/aromatic N) is 3. The number of carbonyl (C=O) groups is 1. The molecule has 3 rings (SSSR count). The Hall–Kier alpha value is -1.86. The predicted octanol–water partition coefficient (Wildman–Crippen LogP) is 3.16. The largest absolute Gasteiger partial charge is 0.433 e. The smallest absolute Gasteiger partial charge is 0.353 e. The number of carbonyl (C=O) groups excluding carboxylic acids is 1. The summed E-state index contributed by atoms with van der Waals surface area (Å²) in [6.07, 6.45) is 3.53. The number of halogens is 3. The van der Waals surface area contributed by atoms with Crippen LogP contribution >= 0.6 is 0 Å². The molecule has 1 aromatic rings. The van der Waals surface area contributed by atoms with E-state index >= 15 is 0 Å². The third-order valence-corrected chi connectivity index (χ3v) is 5.03. The minimum Gasteiger partial charge on any atom is -0.353 e. The highest BCUT2D eigenvalue weighted by molar-refractivity contribution is 5.79. The third-order valence-electron chi connectivity index (χ3n) is 5.03. The van der Waals surface area contributed by atoms with Crippen LogP contribution in [0.25, 0.3) is 0 Å². The predicted molar refractivity (Wildman–Crippen MR) is 87.0 cm³/mol. The Kier molecular flexibility index (Phi) is 5.44. The molecule has 1 N–H and O–H groups in total. The molecule has 2 aliphatic rings. The van der Waals surface area contributed by atoms with Crippen molar-refractivity contribution >= 4 is 11.9 Å². The first-order chi connectivity index (χ1) is 11.9. The molecule has 0 radical (unpaired) electrons. The van der Waals surface area contributed by atoms with Crippen molar-refractivity contribution in [3.05, 3.63) is 18.0 Å². The van der Waals surface area contributed by atoms with Crippen LogP contribution in [0.2, 0.25) is 0 Å². The lowest BCUT2D eigenvalue weighted by Gasteiger charge is -2.32. The molecule has 2 heterocycles. The van der Waals surface area contributed by atoms with Gasteiger partial charge < -0.3 is 10.2 Å². The summed E-state index contributed by atoms with van der Waals surface area (Å²) in [5, 5.41) is 3.13. The van der Waals surface area contributed by atoms with E-state index in [0.29, 0.717) is 25.9 Å². The van der Waals surface area contributed by atoms with Gasteiger partial charge in [-0.15, -0.1) is 0 Å². The summed E-state index contributed by atoms with van der Waals surface area (Å²) < 4.78 is 38.3. The van der Waals surface area contributed by atoms with Gasteiger partial charge in [-0.1, -0.05) is 19.3 Å². The van der Waals surface area contributed by atoms with Crippen molar-refractivity contribution in [2.75, 3.05) is 18.0 Å². The van der Waals surface area contributed by atoms with E-state index in [1.807, 2.05) is 0 Å². The SMILES string of the molecule is O=C(NC1CCCCC1)C1CCN(c2nccc(C(F)(F)F)n2)CC1. The molecular formula is C17H23F3N4O. The van der Waals surface area contributed by atoms with Crippen LogP contribution in [0.15, 0.2) is 12.3 Å². The Morgan fingerprint density at radius 3 is 2.44 bits per heavy atom. The average Bonchev–Trinajstić information content (AvgIpc) is 2.62. The van der Waals surface area contributed by atoms with Gasteiger partial charge >= 0.3 is 6.18 Å². The highest BCUT2D eigenvalue weighted by Gasteiger charge is 2.34. The van der Waals surface area contributed by atoms with Crippen LogP contribution in [-0.2, 0) is 11.0 Å². The van der Waals surface area contributed by atoms with E-state index in [-0.39, 0.29) is 23.8 Å². The third kappa shape index (κ3) is 4.61. The zero-order chi connectivity index (χ0) is 17.9. The standard InChI is InChI=1S/C17H23F3N4O/c18-17(19,20)14-6-9-21-16(23-14)24-10-7-12(8-11-24)15(25)22-13-4-2-1-3-5-13/h6,9,12-13H,1-5,7-8,10-11H2,(H,22,25). The normalized spacial score (nSPS) is 20.5. The number of hydrogen-bond donors (Lipinski definition) is 1. The summed E-state index contributed by atoms with van der Waals surface area (Å²) in [5.74, 6) is 0.0847. The van der Waals surface area contributed by atoms with Crippen molar-refractivity contribution < 1.29 is 18.0 Å². The molecule has 1 amide bonds. The van der Waals surface area contributed by atoms with Gasteiger partial charge in [-0.05, 0) is 31.7 Å². The zero-order valence-corrected chi connectivity index (χ0v) is 14.1. The molecule has 0 spiro atoms. The Morgan fingerprint density at radius 1 is 1.12 bits per heavy atom. The molecule has 2 fully saturated rings. The van der Waals surface area contributed by atoms with Crippen molar-refractivity contribution in [1.29, 1.82) is 0 Å². The molecule has 1 saturated heterocycles. The Bertz CT molecular complexity index is 594. The maximum Gasteiger partial charge on any atom is 0.433 e. The van der Waals surface area contributed by atoms with E-state index < -0.39 is 11.9 Å². The molecule has 5 nitrogen and oxygen atoms in total. The van der Waals surface area contributed by atoms with Crippen LogP contribution in [0.5, 0.6) is 0 Å².